The lowest BCUT2D eigenvalue weighted by atomic mass is 9.93. The number of benzene rings is 1. The number of rotatable bonds is 7. The Balaban J connectivity index is 1.99. The SMILES string of the molecule is CCc1ccc([C@H](C)NC(=O)CN2C(=O)NC(CC)(CC)C2=O)cc1. The lowest BCUT2D eigenvalue weighted by molar-refractivity contribution is -0.135. The molecule has 1 aliphatic rings. The molecule has 1 fully saturated rings. The van der Waals surface area contributed by atoms with Crippen molar-refractivity contribution in [2.45, 2.75) is 58.5 Å². The summed E-state index contributed by atoms with van der Waals surface area (Å²) in [6.45, 7) is 7.42. The molecular formula is C19H27N3O3. The highest BCUT2D eigenvalue weighted by Gasteiger charge is 2.49. The van der Waals surface area contributed by atoms with E-state index in [-0.39, 0.29) is 24.4 Å². The van der Waals surface area contributed by atoms with Crippen LogP contribution in [-0.4, -0.2) is 34.8 Å². The minimum atomic E-state index is -0.876. The first kappa shape index (κ1) is 19.0. The van der Waals surface area contributed by atoms with Crippen molar-refractivity contribution in [2.24, 2.45) is 0 Å². The Bertz CT molecular complexity index is 650. The minimum Gasteiger partial charge on any atom is -0.348 e. The van der Waals surface area contributed by atoms with E-state index in [0.717, 1.165) is 16.9 Å². The molecule has 1 heterocycles. The number of carbonyl (C=O) groups is 3. The van der Waals surface area contributed by atoms with Crippen molar-refractivity contribution in [3.8, 4) is 0 Å². The number of hydrogen-bond acceptors (Lipinski definition) is 3. The quantitative estimate of drug-likeness (QED) is 0.746. The van der Waals surface area contributed by atoms with Crippen molar-refractivity contribution < 1.29 is 14.4 Å². The molecule has 0 bridgehead atoms. The third kappa shape index (κ3) is 3.83. The zero-order valence-corrected chi connectivity index (χ0v) is 15.4. The fourth-order valence-corrected chi connectivity index (χ4v) is 3.11. The molecule has 6 nitrogen and oxygen atoms in total. The van der Waals surface area contributed by atoms with Gasteiger partial charge in [0.05, 0.1) is 6.04 Å². The van der Waals surface area contributed by atoms with E-state index in [2.05, 4.69) is 17.6 Å². The molecule has 0 radical (unpaired) electrons. The van der Waals surface area contributed by atoms with E-state index in [9.17, 15) is 14.4 Å². The van der Waals surface area contributed by atoms with Crippen LogP contribution in [0.25, 0.3) is 0 Å². The zero-order chi connectivity index (χ0) is 18.6. The number of nitrogens with zero attached hydrogens (tertiary/aromatic N) is 1. The van der Waals surface area contributed by atoms with Crippen LogP contribution in [0, 0.1) is 0 Å². The smallest absolute Gasteiger partial charge is 0.325 e. The van der Waals surface area contributed by atoms with Crippen molar-refractivity contribution in [1.82, 2.24) is 15.5 Å². The molecule has 0 unspecified atom stereocenters. The van der Waals surface area contributed by atoms with Gasteiger partial charge in [-0.15, -0.1) is 0 Å². The highest BCUT2D eigenvalue weighted by atomic mass is 16.2. The Labute approximate surface area is 149 Å². The van der Waals surface area contributed by atoms with E-state index in [0.29, 0.717) is 12.8 Å². The van der Waals surface area contributed by atoms with Crippen LogP contribution in [0.1, 0.15) is 57.7 Å². The molecule has 0 aromatic heterocycles. The van der Waals surface area contributed by atoms with Gasteiger partial charge in [-0.25, -0.2) is 4.79 Å². The van der Waals surface area contributed by atoms with Crippen molar-refractivity contribution >= 4 is 17.8 Å². The fraction of sp³-hybridized carbons (Fsp3) is 0.526. The summed E-state index contributed by atoms with van der Waals surface area (Å²) in [5, 5.41) is 5.58. The largest absolute Gasteiger partial charge is 0.348 e. The lowest BCUT2D eigenvalue weighted by Gasteiger charge is -2.23. The number of carbonyl (C=O) groups excluding carboxylic acids is 3. The van der Waals surface area contributed by atoms with Crippen LogP contribution in [0.15, 0.2) is 24.3 Å². The molecule has 6 heteroatoms. The van der Waals surface area contributed by atoms with Crippen molar-refractivity contribution in [1.29, 1.82) is 0 Å². The molecule has 0 saturated carbocycles. The summed E-state index contributed by atoms with van der Waals surface area (Å²) in [5.41, 5.74) is 1.34. The Morgan fingerprint density at radius 3 is 2.24 bits per heavy atom. The topological polar surface area (TPSA) is 78.5 Å². The summed E-state index contributed by atoms with van der Waals surface area (Å²) in [7, 11) is 0. The van der Waals surface area contributed by atoms with Gasteiger partial charge in [0, 0.05) is 0 Å². The Hall–Kier alpha value is -2.37. The third-order valence-corrected chi connectivity index (χ3v) is 5.02. The molecule has 1 atom stereocenters. The second kappa shape index (κ2) is 7.68. The van der Waals surface area contributed by atoms with E-state index in [1.807, 2.05) is 45.0 Å². The van der Waals surface area contributed by atoms with Crippen LogP contribution < -0.4 is 10.6 Å². The molecule has 1 saturated heterocycles. The van der Waals surface area contributed by atoms with Crippen LogP contribution in [-0.2, 0) is 16.0 Å². The van der Waals surface area contributed by atoms with Gasteiger partial charge in [-0.1, -0.05) is 45.0 Å². The first-order chi connectivity index (χ1) is 11.9. The van der Waals surface area contributed by atoms with Crippen LogP contribution in [0.5, 0.6) is 0 Å². The van der Waals surface area contributed by atoms with E-state index in [4.69, 9.17) is 0 Å². The van der Waals surface area contributed by atoms with Gasteiger partial charge in [-0.3, -0.25) is 14.5 Å². The van der Waals surface area contributed by atoms with Crippen LogP contribution in [0.2, 0.25) is 0 Å². The van der Waals surface area contributed by atoms with Gasteiger partial charge >= 0.3 is 6.03 Å². The van der Waals surface area contributed by atoms with Gasteiger partial charge in [0.2, 0.25) is 5.91 Å². The predicted molar refractivity (Wildman–Crippen MR) is 95.9 cm³/mol. The number of hydrogen-bond donors (Lipinski definition) is 2. The summed E-state index contributed by atoms with van der Waals surface area (Å²) in [4.78, 5) is 37.9. The van der Waals surface area contributed by atoms with E-state index < -0.39 is 11.6 Å². The number of nitrogens with one attached hydrogen (secondary N) is 2. The molecule has 4 amide bonds. The summed E-state index contributed by atoms with van der Waals surface area (Å²) in [5.74, 6) is -0.670. The summed E-state index contributed by atoms with van der Waals surface area (Å²) < 4.78 is 0. The minimum absolute atomic E-state index is 0.193. The predicted octanol–water partition coefficient (Wildman–Crippen LogP) is 2.54. The number of imide groups is 1. The number of aryl methyl sites for hydroxylation is 1. The zero-order valence-electron chi connectivity index (χ0n) is 15.4. The van der Waals surface area contributed by atoms with Gasteiger partial charge in [0.15, 0.2) is 0 Å². The summed E-state index contributed by atoms with van der Waals surface area (Å²) in [6, 6.07) is 7.34. The van der Waals surface area contributed by atoms with Crippen molar-refractivity contribution in [3.63, 3.8) is 0 Å². The van der Waals surface area contributed by atoms with Crippen LogP contribution in [0.4, 0.5) is 4.79 Å². The standard InChI is InChI=1S/C19H27N3O3/c1-5-14-8-10-15(11-9-14)13(4)20-16(23)12-22-17(24)19(6-2,7-3)21-18(22)25/h8-11,13H,5-7,12H2,1-4H3,(H,20,23)(H,21,25)/t13-/m0/s1. The molecule has 2 N–H and O–H groups in total. The van der Waals surface area contributed by atoms with E-state index in [1.54, 1.807) is 0 Å². The number of amides is 4. The number of urea groups is 1. The monoisotopic (exact) mass is 345 g/mol. The molecule has 0 spiro atoms. The molecule has 0 aliphatic carbocycles. The normalized spacial score (nSPS) is 17.4. The van der Waals surface area contributed by atoms with Gasteiger partial charge < -0.3 is 10.6 Å². The average Bonchev–Trinajstić information content (AvgIpc) is 2.86. The highest BCUT2D eigenvalue weighted by molar-refractivity contribution is 6.09. The summed E-state index contributed by atoms with van der Waals surface area (Å²) >= 11 is 0. The molecule has 1 aromatic carbocycles. The van der Waals surface area contributed by atoms with Gasteiger partial charge in [-0.2, -0.15) is 0 Å². The van der Waals surface area contributed by atoms with Gasteiger partial charge in [0.1, 0.15) is 12.1 Å². The van der Waals surface area contributed by atoms with Crippen LogP contribution in [0.3, 0.4) is 0 Å². The lowest BCUT2D eigenvalue weighted by Crippen LogP contribution is -2.46. The molecule has 136 valence electrons. The van der Waals surface area contributed by atoms with Crippen molar-refractivity contribution in [2.75, 3.05) is 6.54 Å². The molecule has 1 aliphatic heterocycles. The maximum absolute atomic E-state index is 12.5. The maximum Gasteiger partial charge on any atom is 0.325 e. The Morgan fingerprint density at radius 2 is 1.76 bits per heavy atom. The fourth-order valence-electron chi connectivity index (χ4n) is 3.11. The van der Waals surface area contributed by atoms with Crippen LogP contribution >= 0.6 is 0 Å². The third-order valence-electron chi connectivity index (χ3n) is 5.02. The second-order valence-corrected chi connectivity index (χ2v) is 6.50. The van der Waals surface area contributed by atoms with Gasteiger partial charge in [-0.05, 0) is 37.3 Å². The summed E-state index contributed by atoms with van der Waals surface area (Å²) in [6.07, 6.45) is 1.97. The highest BCUT2D eigenvalue weighted by Crippen LogP contribution is 2.24. The van der Waals surface area contributed by atoms with E-state index in [1.165, 1.54) is 5.56 Å². The first-order valence-corrected chi connectivity index (χ1v) is 8.89. The Morgan fingerprint density at radius 1 is 1.16 bits per heavy atom. The Kier molecular flexibility index (Phi) is 5.82. The molecular weight excluding hydrogens is 318 g/mol. The van der Waals surface area contributed by atoms with Crippen molar-refractivity contribution in [3.05, 3.63) is 35.4 Å². The average molecular weight is 345 g/mol. The van der Waals surface area contributed by atoms with E-state index >= 15 is 0 Å². The molecule has 1 aromatic rings. The molecule has 25 heavy (non-hydrogen) atoms. The second-order valence-electron chi connectivity index (χ2n) is 6.50. The first-order valence-electron chi connectivity index (χ1n) is 8.89. The van der Waals surface area contributed by atoms with Gasteiger partial charge in [0.25, 0.3) is 5.91 Å². The maximum atomic E-state index is 12.5. The molecule has 2 rings (SSSR count).